The van der Waals surface area contributed by atoms with Gasteiger partial charge in [0.25, 0.3) is 19.4 Å². The summed E-state index contributed by atoms with van der Waals surface area (Å²) >= 11 is 16.2. The molecule has 6 aromatic heterocycles. The van der Waals surface area contributed by atoms with Gasteiger partial charge in [0.15, 0.2) is 5.15 Å². The summed E-state index contributed by atoms with van der Waals surface area (Å²) in [5.41, 5.74) is 6.65. The molecular weight excluding hydrogens is 1620 g/mol. The van der Waals surface area contributed by atoms with E-state index in [0.29, 0.717) is 69.2 Å². The third-order valence-electron chi connectivity index (χ3n) is 13.8. The fourth-order valence-electron chi connectivity index (χ4n) is 9.16. The number of aliphatic hydroxyl groups excluding tert-OH is 1. The number of amides is 1. The first-order chi connectivity index (χ1) is 46.5. The molecule has 8 aromatic rings. The first kappa shape index (κ1) is 111. The Kier molecular flexibility index (Phi) is 60.0. The molecule has 0 atom stereocenters. The standard InChI is InChI=1S/C19H22N4OS.C12H15BrN4O.C10H19NO3.C7H8BO2S.C7H5BrClN3.2C5H10O2.CH2O3.2CH4.2K.4H2O.H/c1-23-11-16(13-3-5-15(25-2)6-4-13)17-18(23)19(22-12-21-17)24-14-7-9-20-10-8-14;1-17-6-9(13)10-11(17)12(16-7-15-10)18-8-2-4-14-5-3-8;1-10(2,3)14-9(13)11-6-4-8(12)5-7-11;1-11-7-4-2-6(3-5-7)10-8-9;1-12-2-4(8)5-6(12)7(9)11-3-10-5;2*1-5(2,3)7-4-6;2-1-4-3;;;;;;;;;/h3-6,11-12,14,20H,7-10H2,1-2H3;6-8,14H,2-5H2,1H3;8,12H,4-7H2,1-3H3;2-5,9H,1H3;2-3H,1H3;2*4H,1-3H3;1,3H;2*1H4;;;4*1H2;/q;;;;;;;;;;2*+1;;;;;-1/p-1. The Morgan fingerprint density at radius 3 is 1.35 bits per heavy atom. The molecule has 0 unspecified atom stereocenters. The van der Waals surface area contributed by atoms with Crippen LogP contribution in [-0.2, 0) is 54.6 Å². The number of aromatic nitrogens is 9. The van der Waals surface area contributed by atoms with Crippen molar-refractivity contribution in [1.82, 2.24) is 59.1 Å². The maximum Gasteiger partial charge on any atom is 1.00 e. The number of ether oxygens (including phenoxy) is 5. The van der Waals surface area contributed by atoms with Crippen LogP contribution in [0.3, 0.4) is 0 Å². The van der Waals surface area contributed by atoms with E-state index in [1.165, 1.54) is 16.1 Å². The number of thioether (sulfide) groups is 2. The predicted molar refractivity (Wildman–Crippen MR) is 416 cm³/mol. The maximum atomic E-state index is 11.5. The molecule has 3 fully saturated rings. The number of aliphatic hydroxyl groups is 1. The van der Waals surface area contributed by atoms with Crippen molar-refractivity contribution in [3.8, 4) is 28.6 Å². The summed E-state index contributed by atoms with van der Waals surface area (Å²) in [5.74, 6) is 2.01. The van der Waals surface area contributed by atoms with E-state index >= 15 is 0 Å². The number of piperidine rings is 3. The molecule has 3 aliphatic heterocycles. The molecule has 0 aliphatic carbocycles. The first-order valence-corrected chi connectivity index (χ1v) is 35.5. The normalized spacial score (nSPS) is 13.0. The summed E-state index contributed by atoms with van der Waals surface area (Å²) in [5, 5.41) is 33.2. The van der Waals surface area contributed by atoms with Gasteiger partial charge in [-0.1, -0.05) is 38.6 Å². The van der Waals surface area contributed by atoms with E-state index < -0.39 is 5.60 Å². The zero-order chi connectivity index (χ0) is 72.6. The fraction of sp³-hybridized carbons (Fsp3) is 0.500. The minimum atomic E-state index is -0.437. The molecule has 30 nitrogen and oxygen atoms in total. The van der Waals surface area contributed by atoms with Gasteiger partial charge in [-0.05, 0) is 213 Å². The molecule has 12 N–H and O–H groups in total. The van der Waals surface area contributed by atoms with Crippen LogP contribution in [0.15, 0.2) is 105 Å². The van der Waals surface area contributed by atoms with Crippen LogP contribution in [0.2, 0.25) is 5.15 Å². The molecule has 1 amide bonds. The van der Waals surface area contributed by atoms with Crippen LogP contribution in [0, 0.1) is 0 Å². The third kappa shape index (κ3) is 40.0. The van der Waals surface area contributed by atoms with Crippen molar-refractivity contribution < 1.29 is 194 Å². The molecule has 9 heterocycles. The Bertz CT molecular complexity index is 3700. The summed E-state index contributed by atoms with van der Waals surface area (Å²) in [4.78, 5) is 71.6. The van der Waals surface area contributed by atoms with Crippen LogP contribution in [0.1, 0.15) is 117 Å². The van der Waals surface area contributed by atoms with E-state index in [2.05, 4.69) is 128 Å². The fourth-order valence-corrected chi connectivity index (χ4v) is 11.4. The van der Waals surface area contributed by atoms with Gasteiger partial charge in [0.05, 0.1) is 15.0 Å². The number of halogens is 3. The average Bonchev–Trinajstić information content (AvgIpc) is 1.66. The van der Waals surface area contributed by atoms with E-state index in [-0.39, 0.29) is 183 Å². The minimum absolute atomic E-state index is 0. The largest absolute Gasteiger partial charge is 1.00 e. The summed E-state index contributed by atoms with van der Waals surface area (Å²) in [6.07, 6.45) is 20.0. The number of benzene rings is 2. The first-order valence-electron chi connectivity index (χ1n) is 31.1. The van der Waals surface area contributed by atoms with Gasteiger partial charge in [-0.2, -0.15) is 9.97 Å². The molecule has 2 aromatic carbocycles. The maximum absolute atomic E-state index is 11.5. The van der Waals surface area contributed by atoms with E-state index in [4.69, 9.17) is 45.5 Å². The Hall–Kier alpha value is -3.69. The van der Waals surface area contributed by atoms with Gasteiger partial charge < -0.3 is 101 Å². The van der Waals surface area contributed by atoms with E-state index in [1.54, 1.807) is 53.2 Å². The Morgan fingerprint density at radius 2 is 0.981 bits per heavy atom. The van der Waals surface area contributed by atoms with Crippen LogP contribution < -0.4 is 133 Å². The van der Waals surface area contributed by atoms with Crippen molar-refractivity contribution >= 4 is 133 Å². The molecule has 0 saturated carbocycles. The van der Waals surface area contributed by atoms with Gasteiger partial charge in [-0.25, -0.2) is 24.7 Å². The molecule has 0 spiro atoms. The predicted octanol–water partition coefficient (Wildman–Crippen LogP) is 2.87. The second-order valence-corrected chi connectivity index (χ2v) is 28.6. The second-order valence-electron chi connectivity index (χ2n) is 24.7. The van der Waals surface area contributed by atoms with Gasteiger partial charge in [0, 0.05) is 68.2 Å². The van der Waals surface area contributed by atoms with E-state index in [9.17, 15) is 19.5 Å². The zero-order valence-electron chi connectivity index (χ0n) is 62.8. The second kappa shape index (κ2) is 57.4. The number of likely N-dealkylation sites (tertiary alicyclic amines) is 1. The monoisotopic (exact) mass is 1730 g/mol. The van der Waals surface area contributed by atoms with Gasteiger partial charge in [-0.15, -0.1) is 23.5 Å². The molecule has 106 heavy (non-hydrogen) atoms. The molecule has 3 saturated heterocycles. The quantitative estimate of drug-likeness (QED) is 0.0260. The van der Waals surface area contributed by atoms with Crippen molar-refractivity contribution in [2.45, 2.75) is 161 Å². The van der Waals surface area contributed by atoms with Crippen LogP contribution in [0.4, 0.5) is 4.79 Å². The Morgan fingerprint density at radius 1 is 0.604 bits per heavy atom. The summed E-state index contributed by atoms with van der Waals surface area (Å²) in [6.45, 7) is 22.4. The smallest absolute Gasteiger partial charge is 1.00 e. The van der Waals surface area contributed by atoms with Gasteiger partial charge in [0.2, 0.25) is 11.8 Å². The number of nitrogens with one attached hydrogen (secondary N) is 2. The van der Waals surface area contributed by atoms with Crippen molar-refractivity contribution in [1.29, 1.82) is 0 Å². The molecule has 38 heteroatoms. The van der Waals surface area contributed by atoms with E-state index in [0.717, 1.165) is 105 Å². The Balaban J connectivity index is -0.000000282. The topological polar surface area (TPSA) is 442 Å². The Labute approximate surface area is 739 Å². The van der Waals surface area contributed by atoms with Crippen molar-refractivity contribution in [2.75, 3.05) is 51.8 Å². The van der Waals surface area contributed by atoms with Gasteiger partial charge in [0.1, 0.15) is 86.8 Å². The molecule has 1 radical (unpaired) electrons. The number of fused-ring (bicyclic) bond motifs is 3. The van der Waals surface area contributed by atoms with Crippen LogP contribution in [0.5, 0.6) is 17.5 Å². The minimum Gasteiger partial charge on any atom is -1.00 e. The summed E-state index contributed by atoms with van der Waals surface area (Å²) in [6, 6.07) is 16.1. The molecule has 3 aliphatic rings. The molecular formula is C68H107BBr2ClK2N12O18S2. The van der Waals surface area contributed by atoms with Gasteiger partial charge in [-0.3, -0.25) is 14.4 Å². The van der Waals surface area contributed by atoms with Crippen LogP contribution >= 0.6 is 67.0 Å². The summed E-state index contributed by atoms with van der Waals surface area (Å²) < 4.78 is 39.2. The zero-order valence-corrected chi connectivity index (χ0v) is 73.6. The number of hydrogen-bond acceptors (Lipinski definition) is 24. The number of carbonyl (C=O) groups excluding carboxylic acids is 4. The molecule has 585 valence electrons. The van der Waals surface area contributed by atoms with Crippen molar-refractivity contribution in [3.05, 3.63) is 100 Å². The molecule has 11 rings (SSSR count). The number of rotatable bonds is 12. The van der Waals surface area contributed by atoms with Gasteiger partial charge >= 0.3 is 117 Å². The van der Waals surface area contributed by atoms with Crippen LogP contribution in [0.25, 0.3) is 44.2 Å². The SMILES string of the molecule is C.C.CC(C)(C)OC(=O)N1CCC(O)CC1.CC(C)(C)OC=O.CC(C)(C)OC=O.CSc1ccc(-c2cn(C)c3c(OC4CCNCC4)ncnc23)cc1.CSc1ccc(O[B]O)cc1.Cn1cc(Br)c2ncnc(Cl)c21.Cn1cc(Br)c2ncnc(OC3CCNCC3)c21.O.O.O.O.O=CO[O-].[H-].[K+].[K+]. The third-order valence-corrected chi connectivity index (χ3v) is 16.7. The average molecular weight is 1730 g/mol. The van der Waals surface area contributed by atoms with Crippen molar-refractivity contribution in [3.63, 3.8) is 0 Å². The number of hydrogen-bond donors (Lipinski definition) is 4. The van der Waals surface area contributed by atoms with Crippen molar-refractivity contribution in [2.24, 2.45) is 21.1 Å². The molecule has 0 bridgehead atoms. The number of carbonyl (C=O) groups is 4. The van der Waals surface area contributed by atoms with E-state index in [1.807, 2.05) is 123 Å². The number of aryl methyl sites for hydroxylation is 3. The number of nitrogens with zero attached hydrogens (tertiary/aromatic N) is 10. The summed E-state index contributed by atoms with van der Waals surface area (Å²) in [7, 11) is 6.59. The van der Waals surface area contributed by atoms with Crippen LogP contribution in [-0.4, -0.2) is 201 Å².